The third-order valence-electron chi connectivity index (χ3n) is 3.52. The minimum Gasteiger partial charge on any atom is -0.300 e. The normalized spacial score (nSPS) is 9.92. The minimum atomic E-state index is -0.862. The van der Waals surface area contributed by atoms with Gasteiger partial charge in [-0.15, -0.1) is 0 Å². The second kappa shape index (κ2) is 11.9. The van der Waals surface area contributed by atoms with Gasteiger partial charge in [0, 0.05) is 50.9 Å². The second-order valence-electron chi connectivity index (χ2n) is 5.12. The largest absolute Gasteiger partial charge is 0.300 e. The van der Waals surface area contributed by atoms with E-state index in [1.807, 2.05) is 0 Å². The van der Waals surface area contributed by atoms with E-state index in [1.165, 1.54) is 12.4 Å². The van der Waals surface area contributed by atoms with E-state index in [9.17, 15) is 24.0 Å². The summed E-state index contributed by atoms with van der Waals surface area (Å²) in [4.78, 5) is 59.1. The zero-order chi connectivity index (χ0) is 18.5. The van der Waals surface area contributed by atoms with Gasteiger partial charge < -0.3 is 9.80 Å². The Balaban J connectivity index is 4.61. The van der Waals surface area contributed by atoms with Gasteiger partial charge in [0.15, 0.2) is 0 Å². The summed E-state index contributed by atoms with van der Waals surface area (Å²) >= 11 is 0. The molecule has 132 valence electrons. The summed E-state index contributed by atoms with van der Waals surface area (Å²) in [6.45, 7) is 8.64. The van der Waals surface area contributed by atoms with E-state index in [2.05, 4.69) is 13.2 Å². The van der Waals surface area contributed by atoms with Gasteiger partial charge in [-0.3, -0.25) is 24.0 Å². The lowest BCUT2D eigenvalue weighted by atomic mass is 10.0. The quantitative estimate of drug-likeness (QED) is 0.334. The molecule has 0 bridgehead atoms. The van der Waals surface area contributed by atoms with Crippen LogP contribution in [0.5, 0.6) is 0 Å². The highest BCUT2D eigenvalue weighted by Crippen LogP contribution is 2.12. The number of rotatable bonds is 15. The van der Waals surface area contributed by atoms with Crippen molar-refractivity contribution in [2.75, 3.05) is 0 Å². The van der Waals surface area contributed by atoms with Gasteiger partial charge in [-0.05, 0) is 0 Å². The number of carbonyl (C=O) groups is 5. The molecule has 0 rings (SSSR count). The fourth-order valence-electron chi connectivity index (χ4n) is 2.00. The number of carbonyl (C=O) groups excluding carboxylic acids is 5. The minimum absolute atomic E-state index is 0.00922. The van der Waals surface area contributed by atoms with Crippen LogP contribution in [0.15, 0.2) is 25.6 Å². The van der Waals surface area contributed by atoms with Crippen molar-refractivity contribution in [2.24, 2.45) is 0 Å². The number of ketones is 3. The van der Waals surface area contributed by atoms with Gasteiger partial charge in [-0.1, -0.05) is 20.1 Å². The zero-order valence-electron chi connectivity index (χ0n) is 14.0. The predicted molar refractivity (Wildman–Crippen MR) is 88.4 cm³/mol. The molecule has 0 spiro atoms. The summed E-state index contributed by atoms with van der Waals surface area (Å²) in [5.41, 5.74) is 0. The number of amides is 2. The number of nitrogens with zero attached hydrogens (tertiary/aromatic N) is 2. The van der Waals surface area contributed by atoms with Crippen molar-refractivity contribution in [2.45, 2.75) is 51.6 Å². The molecule has 0 aliphatic heterocycles. The summed E-state index contributed by atoms with van der Waals surface area (Å²) in [5.74, 6) is -0.429. The molecule has 0 aliphatic rings. The van der Waals surface area contributed by atoms with Crippen LogP contribution in [0.1, 0.15) is 45.4 Å². The third-order valence-corrected chi connectivity index (χ3v) is 3.52. The van der Waals surface area contributed by atoms with Gasteiger partial charge in [-0.2, -0.15) is 0 Å². The Morgan fingerprint density at radius 2 is 1.25 bits per heavy atom. The molecule has 0 aromatic heterocycles. The van der Waals surface area contributed by atoms with Crippen molar-refractivity contribution < 1.29 is 24.0 Å². The van der Waals surface area contributed by atoms with E-state index in [-0.39, 0.29) is 49.5 Å². The van der Waals surface area contributed by atoms with E-state index in [0.29, 0.717) is 19.2 Å². The molecular weight excluding hydrogens is 312 g/mol. The number of Topliss-reactive ketones (excluding diaryl/α,β-unsaturated/α-hetero) is 3. The summed E-state index contributed by atoms with van der Waals surface area (Å²) < 4.78 is 0. The van der Waals surface area contributed by atoms with Crippen molar-refractivity contribution in [1.29, 1.82) is 0 Å². The van der Waals surface area contributed by atoms with Crippen molar-refractivity contribution in [1.82, 2.24) is 9.80 Å². The molecule has 0 atom stereocenters. The molecule has 0 aromatic carbocycles. The Morgan fingerprint density at radius 3 is 1.62 bits per heavy atom. The Hall–Kier alpha value is -2.57. The summed E-state index contributed by atoms with van der Waals surface area (Å²) in [7, 11) is 0. The molecular formula is C17H24N2O5. The van der Waals surface area contributed by atoms with Crippen LogP contribution in [0.3, 0.4) is 0 Å². The summed E-state index contributed by atoms with van der Waals surface area (Å²) in [5, 5.41) is 0. The van der Waals surface area contributed by atoms with Gasteiger partial charge in [0.05, 0.1) is 0 Å². The highest BCUT2D eigenvalue weighted by atomic mass is 16.2. The third kappa shape index (κ3) is 7.62. The smallest absolute Gasteiger partial charge is 0.215 e. The van der Waals surface area contributed by atoms with Crippen LogP contribution in [0.2, 0.25) is 0 Å². The first-order valence-electron chi connectivity index (χ1n) is 7.69. The van der Waals surface area contributed by atoms with E-state index in [0.717, 1.165) is 9.80 Å². The monoisotopic (exact) mass is 336 g/mol. The molecule has 0 N–H and O–H groups in total. The Morgan fingerprint density at radius 1 is 0.833 bits per heavy atom. The van der Waals surface area contributed by atoms with Gasteiger partial charge in [-0.25, -0.2) is 0 Å². The van der Waals surface area contributed by atoms with Crippen LogP contribution in [0.25, 0.3) is 0 Å². The van der Waals surface area contributed by atoms with Gasteiger partial charge in [0.1, 0.15) is 23.5 Å². The van der Waals surface area contributed by atoms with Crippen molar-refractivity contribution in [3.05, 3.63) is 25.6 Å². The highest BCUT2D eigenvalue weighted by molar-refractivity contribution is 5.89. The lowest BCUT2D eigenvalue weighted by Crippen LogP contribution is -2.43. The average Bonchev–Trinajstić information content (AvgIpc) is 2.59. The number of hydrogen-bond donors (Lipinski definition) is 0. The van der Waals surface area contributed by atoms with E-state index < -0.39 is 6.17 Å². The van der Waals surface area contributed by atoms with E-state index in [1.54, 1.807) is 6.92 Å². The first kappa shape index (κ1) is 21.4. The second-order valence-corrected chi connectivity index (χ2v) is 5.12. The fraction of sp³-hybridized carbons (Fsp3) is 0.471. The van der Waals surface area contributed by atoms with Crippen molar-refractivity contribution in [3.63, 3.8) is 0 Å². The van der Waals surface area contributed by atoms with Gasteiger partial charge in [0.2, 0.25) is 12.8 Å². The molecule has 24 heavy (non-hydrogen) atoms. The molecule has 0 saturated carbocycles. The Bertz CT molecular complexity index is 465. The maximum absolute atomic E-state index is 12.1. The first-order chi connectivity index (χ1) is 11.4. The fourth-order valence-corrected chi connectivity index (χ4v) is 2.00. The van der Waals surface area contributed by atoms with Crippen molar-refractivity contribution >= 4 is 30.2 Å². The maximum Gasteiger partial charge on any atom is 0.215 e. The van der Waals surface area contributed by atoms with Crippen LogP contribution >= 0.6 is 0 Å². The molecule has 0 radical (unpaired) electrons. The summed E-state index contributed by atoms with van der Waals surface area (Å²) in [6, 6.07) is 0. The van der Waals surface area contributed by atoms with Gasteiger partial charge >= 0.3 is 0 Å². The lowest BCUT2D eigenvalue weighted by molar-refractivity contribution is -0.130. The Labute approximate surface area is 142 Å². The molecule has 0 aromatic rings. The van der Waals surface area contributed by atoms with Crippen LogP contribution < -0.4 is 0 Å². The molecule has 0 aliphatic carbocycles. The SMILES string of the molecule is C=CN(C=O)C(CC(=O)CCC(=O)CCC(=O)CC)N(C=C)C=O. The average molecular weight is 336 g/mol. The standard InChI is InChI=1S/C17H24N2O5/c1-4-14(22)7-8-15(23)9-10-16(24)11-17(18(5-2)12-20)19(6-3)13-21/h5-6,12-13,17H,2-4,7-11H2,1H3. The summed E-state index contributed by atoms with van der Waals surface area (Å²) in [6.07, 6.45) is 3.03. The molecule has 0 saturated heterocycles. The van der Waals surface area contributed by atoms with Crippen LogP contribution in [-0.2, 0) is 24.0 Å². The lowest BCUT2D eigenvalue weighted by Gasteiger charge is -2.30. The van der Waals surface area contributed by atoms with Gasteiger partial charge in [0.25, 0.3) is 0 Å². The molecule has 7 nitrogen and oxygen atoms in total. The van der Waals surface area contributed by atoms with E-state index >= 15 is 0 Å². The van der Waals surface area contributed by atoms with Crippen molar-refractivity contribution in [3.8, 4) is 0 Å². The van der Waals surface area contributed by atoms with E-state index in [4.69, 9.17) is 0 Å². The topological polar surface area (TPSA) is 91.8 Å². The highest BCUT2D eigenvalue weighted by Gasteiger charge is 2.23. The predicted octanol–water partition coefficient (Wildman–Crippen LogP) is 1.58. The first-order valence-corrected chi connectivity index (χ1v) is 7.69. The molecule has 0 heterocycles. The van der Waals surface area contributed by atoms with Crippen LogP contribution in [0, 0.1) is 0 Å². The van der Waals surface area contributed by atoms with Crippen LogP contribution in [0.4, 0.5) is 0 Å². The maximum atomic E-state index is 12.1. The van der Waals surface area contributed by atoms with Crippen LogP contribution in [-0.4, -0.2) is 46.1 Å². The molecule has 2 amide bonds. The zero-order valence-corrected chi connectivity index (χ0v) is 14.0. The Kier molecular flexibility index (Phi) is 10.6. The number of hydrogen-bond acceptors (Lipinski definition) is 5. The molecule has 7 heteroatoms. The molecule has 0 unspecified atom stereocenters. The molecule has 0 fully saturated rings.